The fraction of sp³-hybridized carbons (Fsp3) is 0.0870. The van der Waals surface area contributed by atoms with E-state index in [0.29, 0.717) is 6.42 Å². The zero-order chi connectivity index (χ0) is 16.1. The van der Waals surface area contributed by atoms with Gasteiger partial charge in [0, 0.05) is 12.0 Å². The van der Waals surface area contributed by atoms with Crippen LogP contribution in [0, 0.1) is 0 Å². The van der Waals surface area contributed by atoms with Crippen LogP contribution in [0.25, 0.3) is 32.7 Å². The first-order chi connectivity index (χ1) is 11.8. The van der Waals surface area contributed by atoms with Crippen molar-refractivity contribution in [3.05, 3.63) is 83.9 Å². The van der Waals surface area contributed by atoms with Gasteiger partial charge in [0.1, 0.15) is 0 Å². The van der Waals surface area contributed by atoms with Crippen molar-refractivity contribution >= 4 is 27.3 Å². The summed E-state index contributed by atoms with van der Waals surface area (Å²) in [5.41, 5.74) is 4.57. The Labute approximate surface area is 140 Å². The molecule has 1 aliphatic rings. The third kappa shape index (κ3) is 1.85. The van der Waals surface area contributed by atoms with Crippen molar-refractivity contribution in [3.63, 3.8) is 0 Å². The monoisotopic (exact) mass is 308 g/mol. The zero-order valence-electron chi connectivity index (χ0n) is 13.3. The third-order valence-electron chi connectivity index (χ3n) is 5.12. The van der Waals surface area contributed by atoms with Gasteiger partial charge in [-0.3, -0.25) is 4.79 Å². The number of rotatable bonds is 1. The molecular formula is C23H16O. The lowest BCUT2D eigenvalue weighted by Crippen LogP contribution is -1.95. The second kappa shape index (κ2) is 5.04. The molecule has 0 atom stereocenters. The Morgan fingerprint density at radius 3 is 2.33 bits per heavy atom. The van der Waals surface area contributed by atoms with Crippen LogP contribution in [0.2, 0.25) is 0 Å². The van der Waals surface area contributed by atoms with E-state index in [2.05, 4.69) is 66.7 Å². The molecule has 0 saturated heterocycles. The van der Waals surface area contributed by atoms with E-state index >= 15 is 0 Å². The third-order valence-corrected chi connectivity index (χ3v) is 5.12. The topological polar surface area (TPSA) is 17.1 Å². The summed E-state index contributed by atoms with van der Waals surface area (Å²) in [6.45, 7) is 0. The Morgan fingerprint density at radius 1 is 0.667 bits per heavy atom. The summed E-state index contributed by atoms with van der Waals surface area (Å²) in [5, 5.41) is 4.86. The predicted molar refractivity (Wildman–Crippen MR) is 99.5 cm³/mol. The van der Waals surface area contributed by atoms with Crippen molar-refractivity contribution in [1.29, 1.82) is 0 Å². The lowest BCUT2D eigenvalue weighted by molar-refractivity contribution is 0.0994. The van der Waals surface area contributed by atoms with E-state index in [1.807, 2.05) is 6.07 Å². The van der Waals surface area contributed by atoms with E-state index in [4.69, 9.17) is 0 Å². The second-order valence-electron chi connectivity index (χ2n) is 6.45. The molecule has 0 saturated carbocycles. The van der Waals surface area contributed by atoms with Gasteiger partial charge >= 0.3 is 0 Å². The molecule has 24 heavy (non-hydrogen) atoms. The fourth-order valence-electron chi connectivity index (χ4n) is 4.01. The Kier molecular flexibility index (Phi) is 2.83. The highest BCUT2D eigenvalue weighted by molar-refractivity contribution is 6.17. The number of carbonyl (C=O) groups excluding carboxylic acids is 1. The molecule has 0 N–H and O–H groups in total. The molecule has 5 rings (SSSR count). The molecule has 0 fully saturated rings. The van der Waals surface area contributed by atoms with Gasteiger partial charge in [0.15, 0.2) is 5.78 Å². The lowest BCUT2D eigenvalue weighted by atomic mass is 9.89. The maximum atomic E-state index is 12.4. The Balaban J connectivity index is 2.00. The summed E-state index contributed by atoms with van der Waals surface area (Å²) >= 11 is 0. The first kappa shape index (κ1) is 13.5. The minimum atomic E-state index is 0.275. The number of Topliss-reactive ketones (excluding diaryl/α,β-unsaturated/α-hetero) is 1. The molecule has 0 amide bonds. The zero-order valence-corrected chi connectivity index (χ0v) is 13.3. The van der Waals surface area contributed by atoms with Crippen molar-refractivity contribution in [1.82, 2.24) is 0 Å². The maximum Gasteiger partial charge on any atom is 0.163 e. The molecule has 1 heteroatoms. The van der Waals surface area contributed by atoms with Crippen LogP contribution in [-0.4, -0.2) is 5.78 Å². The van der Waals surface area contributed by atoms with Crippen LogP contribution in [0.1, 0.15) is 22.3 Å². The van der Waals surface area contributed by atoms with Gasteiger partial charge in [-0.05, 0) is 50.7 Å². The predicted octanol–water partition coefficient (Wildman–Crippen LogP) is 5.79. The number of hydrogen-bond acceptors (Lipinski definition) is 1. The van der Waals surface area contributed by atoms with Gasteiger partial charge in [-0.15, -0.1) is 0 Å². The minimum absolute atomic E-state index is 0.275. The van der Waals surface area contributed by atoms with Crippen molar-refractivity contribution in [2.45, 2.75) is 12.8 Å². The number of hydrogen-bond donors (Lipinski definition) is 0. The summed E-state index contributed by atoms with van der Waals surface area (Å²) in [6.07, 6.45) is 1.48. The van der Waals surface area contributed by atoms with Crippen molar-refractivity contribution < 1.29 is 4.79 Å². The largest absolute Gasteiger partial charge is 0.294 e. The van der Waals surface area contributed by atoms with Gasteiger partial charge in [-0.25, -0.2) is 0 Å². The lowest BCUT2D eigenvalue weighted by Gasteiger charge is -2.14. The average molecular weight is 308 g/mol. The van der Waals surface area contributed by atoms with Crippen LogP contribution in [0.5, 0.6) is 0 Å². The summed E-state index contributed by atoms with van der Waals surface area (Å²) < 4.78 is 0. The molecule has 4 aromatic rings. The molecule has 0 heterocycles. The standard InChI is InChI=1S/C23H16O/c24-22-13-12-19-21(22)14-20-17-9-5-4-6-15(17)10-11-18(20)23(19)16-7-2-1-3-8-16/h1-11,14H,12-13H2. The molecule has 0 spiro atoms. The Bertz CT molecular complexity index is 1110. The van der Waals surface area contributed by atoms with Crippen molar-refractivity contribution in [3.8, 4) is 11.1 Å². The smallest absolute Gasteiger partial charge is 0.163 e. The second-order valence-corrected chi connectivity index (χ2v) is 6.45. The van der Waals surface area contributed by atoms with E-state index < -0.39 is 0 Å². The fourth-order valence-corrected chi connectivity index (χ4v) is 4.01. The summed E-state index contributed by atoms with van der Waals surface area (Å²) in [4.78, 5) is 12.4. The van der Waals surface area contributed by atoms with Crippen LogP contribution >= 0.6 is 0 Å². The molecule has 0 aromatic heterocycles. The average Bonchev–Trinajstić information content (AvgIpc) is 3.01. The SMILES string of the molecule is O=C1CCc2c1cc1c(ccc3ccccc31)c2-c1ccccc1. The van der Waals surface area contributed by atoms with Crippen LogP contribution in [0.15, 0.2) is 72.8 Å². The van der Waals surface area contributed by atoms with Gasteiger partial charge in [0.05, 0.1) is 0 Å². The summed E-state index contributed by atoms with van der Waals surface area (Å²) in [6, 6.07) is 25.4. The van der Waals surface area contributed by atoms with Gasteiger partial charge in [0.2, 0.25) is 0 Å². The molecule has 1 aliphatic carbocycles. The van der Waals surface area contributed by atoms with Crippen molar-refractivity contribution in [2.75, 3.05) is 0 Å². The molecule has 114 valence electrons. The molecule has 1 nitrogen and oxygen atoms in total. The normalized spacial score (nSPS) is 13.6. The molecule has 0 aliphatic heterocycles. The van der Waals surface area contributed by atoms with E-state index in [1.54, 1.807) is 0 Å². The summed E-state index contributed by atoms with van der Waals surface area (Å²) in [5.74, 6) is 0.275. The van der Waals surface area contributed by atoms with E-state index in [1.165, 1.54) is 38.2 Å². The van der Waals surface area contributed by atoms with Gasteiger partial charge < -0.3 is 0 Å². The van der Waals surface area contributed by atoms with Crippen molar-refractivity contribution in [2.24, 2.45) is 0 Å². The summed E-state index contributed by atoms with van der Waals surface area (Å²) in [7, 11) is 0. The highest BCUT2D eigenvalue weighted by Gasteiger charge is 2.25. The van der Waals surface area contributed by atoms with Crippen LogP contribution in [-0.2, 0) is 6.42 Å². The number of fused-ring (bicyclic) bond motifs is 4. The highest BCUT2D eigenvalue weighted by atomic mass is 16.1. The number of carbonyl (C=O) groups is 1. The molecule has 0 unspecified atom stereocenters. The highest BCUT2D eigenvalue weighted by Crippen LogP contribution is 2.40. The van der Waals surface area contributed by atoms with Crippen LogP contribution < -0.4 is 0 Å². The first-order valence-corrected chi connectivity index (χ1v) is 8.39. The Morgan fingerprint density at radius 2 is 1.46 bits per heavy atom. The Hall–Kier alpha value is -2.93. The number of benzene rings is 4. The maximum absolute atomic E-state index is 12.4. The van der Waals surface area contributed by atoms with Gasteiger partial charge in [-0.2, -0.15) is 0 Å². The van der Waals surface area contributed by atoms with Crippen LogP contribution in [0.4, 0.5) is 0 Å². The van der Waals surface area contributed by atoms with Crippen LogP contribution in [0.3, 0.4) is 0 Å². The quantitative estimate of drug-likeness (QED) is 0.407. The van der Waals surface area contributed by atoms with E-state index in [-0.39, 0.29) is 5.78 Å². The van der Waals surface area contributed by atoms with Gasteiger partial charge in [0.25, 0.3) is 0 Å². The van der Waals surface area contributed by atoms with E-state index in [9.17, 15) is 4.79 Å². The first-order valence-electron chi connectivity index (χ1n) is 8.39. The minimum Gasteiger partial charge on any atom is -0.294 e. The number of ketones is 1. The van der Waals surface area contributed by atoms with Gasteiger partial charge in [-0.1, -0.05) is 66.7 Å². The molecular weight excluding hydrogens is 292 g/mol. The molecule has 4 aromatic carbocycles. The molecule has 0 bridgehead atoms. The molecule has 0 radical (unpaired) electrons. The van der Waals surface area contributed by atoms with E-state index in [0.717, 1.165) is 12.0 Å².